The van der Waals surface area contributed by atoms with Crippen LogP contribution in [0.2, 0.25) is 0 Å². The molecule has 5 heteroatoms. The van der Waals surface area contributed by atoms with E-state index in [2.05, 4.69) is 15.6 Å². The van der Waals surface area contributed by atoms with E-state index in [4.69, 9.17) is 4.74 Å². The van der Waals surface area contributed by atoms with E-state index in [0.717, 1.165) is 5.69 Å². The number of carbonyl (C=O) groups is 1. The Kier molecular flexibility index (Phi) is 4.57. The monoisotopic (exact) mass is 239 g/mol. The number of ether oxygens (including phenoxy) is 1. The average Bonchev–Trinajstić information content (AvgIpc) is 2.66. The van der Waals surface area contributed by atoms with Crippen molar-refractivity contribution in [3.63, 3.8) is 0 Å². The Morgan fingerprint density at radius 2 is 2.24 bits per heavy atom. The Morgan fingerprint density at radius 3 is 2.71 bits per heavy atom. The fraction of sp³-hybridized carbons (Fsp3) is 0.583. The third-order valence-corrected chi connectivity index (χ3v) is 2.10. The van der Waals surface area contributed by atoms with Gasteiger partial charge in [-0.15, -0.1) is 0 Å². The van der Waals surface area contributed by atoms with E-state index < -0.39 is 11.7 Å². The molecule has 1 heterocycles. The van der Waals surface area contributed by atoms with Crippen molar-refractivity contribution in [3.8, 4) is 0 Å². The molecule has 1 aromatic rings. The van der Waals surface area contributed by atoms with Gasteiger partial charge in [0.1, 0.15) is 5.60 Å². The molecule has 0 saturated heterocycles. The highest BCUT2D eigenvalue weighted by molar-refractivity contribution is 5.68. The largest absolute Gasteiger partial charge is 0.444 e. The number of aromatic nitrogens is 1. The van der Waals surface area contributed by atoms with Gasteiger partial charge in [-0.3, -0.25) is 0 Å². The van der Waals surface area contributed by atoms with Crippen LogP contribution < -0.4 is 10.6 Å². The van der Waals surface area contributed by atoms with E-state index in [1.807, 2.05) is 46.1 Å². The maximum Gasteiger partial charge on any atom is 0.408 e. The molecule has 17 heavy (non-hydrogen) atoms. The highest BCUT2D eigenvalue weighted by Crippen LogP contribution is 2.12. The molecule has 1 atom stereocenters. The first-order valence-electron chi connectivity index (χ1n) is 5.70. The lowest BCUT2D eigenvalue weighted by molar-refractivity contribution is 0.0502. The minimum Gasteiger partial charge on any atom is -0.444 e. The number of aromatic amines is 1. The van der Waals surface area contributed by atoms with Crippen LogP contribution in [0.4, 0.5) is 4.79 Å². The van der Waals surface area contributed by atoms with Crippen molar-refractivity contribution in [1.29, 1.82) is 0 Å². The molecule has 1 aromatic heterocycles. The van der Waals surface area contributed by atoms with Crippen LogP contribution in [0.5, 0.6) is 0 Å². The van der Waals surface area contributed by atoms with Crippen LogP contribution >= 0.6 is 0 Å². The lowest BCUT2D eigenvalue weighted by Gasteiger charge is -2.23. The molecule has 5 nitrogen and oxygen atoms in total. The zero-order valence-corrected chi connectivity index (χ0v) is 10.8. The van der Waals surface area contributed by atoms with Gasteiger partial charge >= 0.3 is 6.09 Å². The van der Waals surface area contributed by atoms with Crippen LogP contribution in [-0.2, 0) is 4.74 Å². The highest BCUT2D eigenvalue weighted by atomic mass is 16.6. The van der Waals surface area contributed by atoms with Crippen molar-refractivity contribution in [3.05, 3.63) is 24.0 Å². The van der Waals surface area contributed by atoms with Crippen molar-refractivity contribution >= 4 is 6.09 Å². The fourth-order valence-electron chi connectivity index (χ4n) is 1.45. The van der Waals surface area contributed by atoms with E-state index in [1.54, 1.807) is 0 Å². The van der Waals surface area contributed by atoms with Crippen molar-refractivity contribution in [2.45, 2.75) is 32.4 Å². The maximum absolute atomic E-state index is 11.7. The minimum atomic E-state index is -0.482. The molecular weight excluding hydrogens is 218 g/mol. The average molecular weight is 239 g/mol. The molecule has 96 valence electrons. The van der Waals surface area contributed by atoms with Gasteiger partial charge in [-0.2, -0.15) is 0 Å². The molecule has 1 rings (SSSR count). The maximum atomic E-state index is 11.7. The van der Waals surface area contributed by atoms with Gasteiger partial charge in [0, 0.05) is 18.4 Å². The van der Waals surface area contributed by atoms with Crippen molar-refractivity contribution in [2.75, 3.05) is 13.6 Å². The van der Waals surface area contributed by atoms with E-state index in [-0.39, 0.29) is 6.04 Å². The summed E-state index contributed by atoms with van der Waals surface area (Å²) in [5.41, 5.74) is 0.467. The Labute approximate surface area is 102 Å². The number of likely N-dealkylation sites (N-methyl/N-ethyl adjacent to an activating group) is 1. The predicted octanol–water partition coefficient (Wildman–Crippen LogP) is 1.80. The molecule has 1 unspecified atom stereocenters. The molecule has 0 spiro atoms. The lowest BCUT2D eigenvalue weighted by Crippen LogP contribution is -2.38. The Balaban J connectivity index is 2.59. The minimum absolute atomic E-state index is 0.121. The number of H-pyrrole nitrogens is 1. The second kappa shape index (κ2) is 5.72. The quantitative estimate of drug-likeness (QED) is 0.750. The Hall–Kier alpha value is -1.49. The number of nitrogens with one attached hydrogen (secondary N) is 3. The van der Waals surface area contributed by atoms with E-state index >= 15 is 0 Å². The summed E-state index contributed by atoms with van der Waals surface area (Å²) in [5, 5.41) is 5.86. The zero-order chi connectivity index (χ0) is 12.9. The van der Waals surface area contributed by atoms with Gasteiger partial charge < -0.3 is 20.4 Å². The second-order valence-electron chi connectivity index (χ2n) is 4.88. The first-order valence-corrected chi connectivity index (χ1v) is 5.70. The first kappa shape index (κ1) is 13.6. The van der Waals surface area contributed by atoms with Gasteiger partial charge in [0.25, 0.3) is 0 Å². The summed E-state index contributed by atoms with van der Waals surface area (Å²) in [5.74, 6) is 0. The molecule has 0 aromatic carbocycles. The molecule has 0 saturated carbocycles. The van der Waals surface area contributed by atoms with Gasteiger partial charge in [-0.05, 0) is 40.0 Å². The van der Waals surface area contributed by atoms with Gasteiger partial charge in [0.2, 0.25) is 0 Å². The van der Waals surface area contributed by atoms with E-state index in [0.29, 0.717) is 6.54 Å². The number of carbonyl (C=O) groups excluding carboxylic acids is 1. The summed E-state index contributed by atoms with van der Waals surface area (Å²) in [4.78, 5) is 14.7. The SMILES string of the molecule is CNCC(NC(=O)OC(C)(C)C)c1ccc[nH]1. The summed E-state index contributed by atoms with van der Waals surface area (Å²) in [6.45, 7) is 6.16. The molecule has 3 N–H and O–H groups in total. The van der Waals surface area contributed by atoms with Crippen molar-refractivity contribution in [2.24, 2.45) is 0 Å². The van der Waals surface area contributed by atoms with Crippen LogP contribution in [0.3, 0.4) is 0 Å². The van der Waals surface area contributed by atoms with Crippen LogP contribution in [0.15, 0.2) is 18.3 Å². The third kappa shape index (κ3) is 4.91. The number of hydrogen-bond acceptors (Lipinski definition) is 3. The molecule has 0 bridgehead atoms. The molecule has 0 radical (unpaired) electrons. The van der Waals surface area contributed by atoms with Gasteiger partial charge in [-0.1, -0.05) is 0 Å². The highest BCUT2D eigenvalue weighted by Gasteiger charge is 2.20. The van der Waals surface area contributed by atoms with Crippen LogP contribution in [0.25, 0.3) is 0 Å². The van der Waals surface area contributed by atoms with Crippen molar-refractivity contribution < 1.29 is 9.53 Å². The smallest absolute Gasteiger partial charge is 0.408 e. The summed E-state index contributed by atoms with van der Waals surface area (Å²) in [6, 6.07) is 3.71. The zero-order valence-electron chi connectivity index (χ0n) is 10.8. The summed E-state index contributed by atoms with van der Waals surface area (Å²) in [7, 11) is 1.84. The topological polar surface area (TPSA) is 66.2 Å². The molecule has 0 aliphatic rings. The summed E-state index contributed by atoms with van der Waals surface area (Å²) in [6.07, 6.45) is 1.42. The number of amides is 1. The number of rotatable bonds is 4. The summed E-state index contributed by atoms with van der Waals surface area (Å²) >= 11 is 0. The predicted molar refractivity (Wildman–Crippen MR) is 66.8 cm³/mol. The first-order chi connectivity index (χ1) is 7.92. The molecule has 0 aliphatic carbocycles. The number of hydrogen-bond donors (Lipinski definition) is 3. The molecule has 1 amide bonds. The normalized spacial score (nSPS) is 13.2. The van der Waals surface area contributed by atoms with Crippen LogP contribution in [-0.4, -0.2) is 30.3 Å². The summed E-state index contributed by atoms with van der Waals surface area (Å²) < 4.78 is 5.22. The van der Waals surface area contributed by atoms with Crippen LogP contribution in [0.1, 0.15) is 32.5 Å². The standard InChI is InChI=1S/C12H21N3O2/c1-12(2,3)17-11(16)15-10(8-13-4)9-6-5-7-14-9/h5-7,10,13-14H,8H2,1-4H3,(H,15,16). The Morgan fingerprint density at radius 1 is 1.53 bits per heavy atom. The number of alkyl carbamates (subject to hydrolysis) is 1. The van der Waals surface area contributed by atoms with Gasteiger partial charge in [0.05, 0.1) is 6.04 Å². The van der Waals surface area contributed by atoms with Crippen LogP contribution in [0, 0.1) is 0 Å². The van der Waals surface area contributed by atoms with Gasteiger partial charge in [0.15, 0.2) is 0 Å². The van der Waals surface area contributed by atoms with Crippen molar-refractivity contribution in [1.82, 2.24) is 15.6 Å². The second-order valence-corrected chi connectivity index (χ2v) is 4.88. The third-order valence-electron chi connectivity index (χ3n) is 2.10. The van der Waals surface area contributed by atoms with E-state index in [1.165, 1.54) is 0 Å². The molecule has 0 aliphatic heterocycles. The van der Waals surface area contributed by atoms with E-state index in [9.17, 15) is 4.79 Å². The molecular formula is C12H21N3O2. The fourth-order valence-corrected chi connectivity index (χ4v) is 1.45. The van der Waals surface area contributed by atoms with Gasteiger partial charge in [-0.25, -0.2) is 4.79 Å². The Bertz CT molecular complexity index is 341. The lowest BCUT2D eigenvalue weighted by atomic mass is 10.2. The molecule has 0 fully saturated rings.